The summed E-state index contributed by atoms with van der Waals surface area (Å²) in [5.74, 6) is 0.0126. The van der Waals surface area contributed by atoms with Gasteiger partial charge in [0.2, 0.25) is 5.89 Å². The molecule has 60 heavy (non-hydrogen) atoms. The maximum absolute atomic E-state index is 13.0. The van der Waals surface area contributed by atoms with Gasteiger partial charge in [0.1, 0.15) is 35.4 Å². The number of Topliss-reactive ketones (excluding diaryl/α,β-unsaturated/α-hetero) is 2. The second-order valence-corrected chi connectivity index (χ2v) is 14.7. The van der Waals surface area contributed by atoms with E-state index in [-0.39, 0.29) is 48.4 Å². The Morgan fingerprint density at radius 3 is 2.28 bits per heavy atom. The van der Waals surface area contributed by atoms with Crippen LogP contribution in [0, 0.1) is 5.92 Å². The Morgan fingerprint density at radius 2 is 1.60 bits per heavy atom. The minimum atomic E-state index is -1.44. The molecule has 320 valence electrons. The highest BCUT2D eigenvalue weighted by atomic mass is 16.6. The highest BCUT2D eigenvalue weighted by molar-refractivity contribution is 5.96. The van der Waals surface area contributed by atoms with Crippen molar-refractivity contribution < 1.29 is 42.9 Å². The third kappa shape index (κ3) is 14.3. The number of oxazole rings is 1. The molecule has 16 heteroatoms. The molecule has 4 N–H and O–H groups in total. The van der Waals surface area contributed by atoms with Crippen molar-refractivity contribution in [1.82, 2.24) is 25.1 Å². The van der Waals surface area contributed by atoms with E-state index in [1.807, 2.05) is 44.2 Å². The number of ether oxygens (including phenoxy) is 4. The minimum Gasteiger partial charge on any atom is -0.490 e. The van der Waals surface area contributed by atoms with Crippen molar-refractivity contribution in [3.8, 4) is 17.3 Å². The normalized spacial score (nSPS) is 13.0. The van der Waals surface area contributed by atoms with Crippen LogP contribution in [0.15, 0.2) is 88.2 Å². The first-order chi connectivity index (χ1) is 29.0. The predicted octanol–water partition coefficient (Wildman–Crippen LogP) is 3.65. The smallest absolute Gasteiger partial charge is 0.266 e. The topological polar surface area (TPSA) is 220 Å². The van der Waals surface area contributed by atoms with Crippen molar-refractivity contribution in [2.24, 2.45) is 18.7 Å². The van der Waals surface area contributed by atoms with E-state index in [1.165, 1.54) is 16.9 Å². The molecule has 5 aromatic rings. The Bertz CT molecular complexity index is 2190. The van der Waals surface area contributed by atoms with Crippen LogP contribution in [0.25, 0.3) is 22.7 Å². The van der Waals surface area contributed by atoms with Gasteiger partial charge in [-0.15, -0.1) is 0 Å². The molecule has 0 saturated carbocycles. The van der Waals surface area contributed by atoms with Gasteiger partial charge in [-0.1, -0.05) is 50.2 Å². The number of aromatic nitrogens is 4. The number of hydrogen-bond acceptors (Lipinski definition) is 14. The number of benzene rings is 2. The first kappa shape index (κ1) is 45.4. The molecule has 0 bridgehead atoms. The van der Waals surface area contributed by atoms with Crippen LogP contribution < -0.4 is 21.3 Å². The number of carbonyl (C=O) groups excluding carboxylic acids is 3. The number of aliphatic hydroxyl groups excluding tert-OH is 1. The SMILES string of the molecule is CC(C)C[C@H](NC(=O)[C@@H](O)[C@H](N)Cc1ccccc1)C(=O)CCCOCCOCCOCCOc1ccc(C(=O)Cc2ccc3oc(-c4ccc(=O)n(C)n4)nc3c2)nc1. The summed E-state index contributed by atoms with van der Waals surface area (Å²) in [5, 5.41) is 17.4. The molecule has 0 fully saturated rings. The van der Waals surface area contributed by atoms with Crippen molar-refractivity contribution in [3.05, 3.63) is 106 Å². The molecule has 0 aliphatic rings. The molecule has 3 heterocycles. The van der Waals surface area contributed by atoms with Crippen molar-refractivity contribution in [1.29, 1.82) is 0 Å². The Balaban J connectivity index is 0.891. The van der Waals surface area contributed by atoms with Crippen LogP contribution >= 0.6 is 0 Å². The van der Waals surface area contributed by atoms with Gasteiger partial charge in [0.25, 0.3) is 11.5 Å². The summed E-state index contributed by atoms with van der Waals surface area (Å²) in [5.41, 5.74) is 9.36. The molecule has 0 saturated heterocycles. The number of pyridine rings is 1. The molecule has 0 aliphatic heterocycles. The second kappa shape index (κ2) is 23.2. The highest BCUT2D eigenvalue weighted by Crippen LogP contribution is 2.24. The lowest BCUT2D eigenvalue weighted by atomic mass is 9.96. The summed E-state index contributed by atoms with van der Waals surface area (Å²) in [6.45, 7) is 6.37. The number of ketones is 2. The van der Waals surface area contributed by atoms with Gasteiger partial charge in [0.05, 0.1) is 45.3 Å². The standard InChI is InChI=1S/C44H54N6O10/c1-29(2)24-36(47-43(55)42(54)33(45)25-30-8-5-4-6-9-30)38(51)10-7-17-56-18-19-57-20-21-58-22-23-59-32-12-13-34(46-28-32)39(52)27-31-11-15-40-37(26-31)48-44(60-40)35-14-16-41(53)50(3)49-35/h4-6,8-9,11-16,26,28-29,33,36,42,54H,7,10,17-25,27,45H2,1-3H3,(H,47,55)/t33-,36+,42+/m1/s1. The number of amides is 1. The lowest BCUT2D eigenvalue weighted by Gasteiger charge is -2.24. The van der Waals surface area contributed by atoms with Crippen LogP contribution in [0.5, 0.6) is 5.75 Å². The average molecular weight is 827 g/mol. The van der Waals surface area contributed by atoms with E-state index in [9.17, 15) is 24.3 Å². The zero-order chi connectivity index (χ0) is 42.9. The zero-order valence-electron chi connectivity index (χ0n) is 34.3. The second-order valence-electron chi connectivity index (χ2n) is 14.7. The summed E-state index contributed by atoms with van der Waals surface area (Å²) >= 11 is 0. The van der Waals surface area contributed by atoms with Gasteiger partial charge in [0.15, 0.2) is 17.1 Å². The van der Waals surface area contributed by atoms with Crippen molar-refractivity contribution in [2.45, 2.75) is 64.1 Å². The van der Waals surface area contributed by atoms with E-state index < -0.39 is 24.1 Å². The van der Waals surface area contributed by atoms with Crippen molar-refractivity contribution in [2.75, 3.05) is 46.2 Å². The number of fused-ring (bicyclic) bond motifs is 1. The molecule has 0 spiro atoms. The summed E-state index contributed by atoms with van der Waals surface area (Å²) < 4.78 is 29.4. The van der Waals surface area contributed by atoms with Gasteiger partial charge in [-0.2, -0.15) is 5.10 Å². The molecule has 0 unspecified atom stereocenters. The van der Waals surface area contributed by atoms with Crippen molar-refractivity contribution >= 4 is 28.6 Å². The monoisotopic (exact) mass is 826 g/mol. The van der Waals surface area contributed by atoms with Gasteiger partial charge in [-0.3, -0.25) is 19.2 Å². The number of rotatable bonds is 26. The molecule has 0 radical (unpaired) electrons. The molecule has 0 aliphatic carbocycles. The Hall–Kier alpha value is -5.65. The molecular weight excluding hydrogens is 773 g/mol. The lowest BCUT2D eigenvalue weighted by Crippen LogP contribution is -2.52. The summed E-state index contributed by atoms with van der Waals surface area (Å²) in [6.07, 6.45) is 1.68. The number of aliphatic hydroxyl groups is 1. The van der Waals surface area contributed by atoms with E-state index >= 15 is 0 Å². The fraction of sp³-hybridized carbons (Fsp3) is 0.432. The molecule has 1 amide bonds. The quantitative estimate of drug-likeness (QED) is 0.0536. The fourth-order valence-corrected chi connectivity index (χ4v) is 6.19. The highest BCUT2D eigenvalue weighted by Gasteiger charge is 2.28. The summed E-state index contributed by atoms with van der Waals surface area (Å²) in [6, 6.07) is 19.4. The average Bonchev–Trinajstić information content (AvgIpc) is 3.67. The Morgan fingerprint density at radius 1 is 0.883 bits per heavy atom. The van der Waals surface area contributed by atoms with Crippen LogP contribution in [-0.2, 0) is 43.7 Å². The van der Waals surface area contributed by atoms with Gasteiger partial charge in [-0.05, 0) is 66.6 Å². The molecular formula is C44H54N6O10. The minimum absolute atomic E-state index is 0.116. The van der Waals surface area contributed by atoms with Crippen molar-refractivity contribution in [3.63, 3.8) is 0 Å². The van der Waals surface area contributed by atoms with Crippen LogP contribution in [0.1, 0.15) is 54.7 Å². The molecule has 5 rings (SSSR count). The number of nitrogens with one attached hydrogen (secondary N) is 1. The van der Waals surface area contributed by atoms with E-state index in [0.29, 0.717) is 87.1 Å². The van der Waals surface area contributed by atoms with E-state index in [0.717, 1.165) is 11.1 Å². The number of aryl methyl sites for hydroxylation is 1. The molecule has 3 atom stereocenters. The molecule has 16 nitrogen and oxygen atoms in total. The van der Waals surface area contributed by atoms with Crippen LogP contribution in [0.4, 0.5) is 0 Å². The number of carbonyl (C=O) groups is 3. The Labute approximate surface area is 348 Å². The number of nitrogens with zero attached hydrogens (tertiary/aromatic N) is 4. The van der Waals surface area contributed by atoms with Gasteiger partial charge < -0.3 is 39.5 Å². The maximum Gasteiger partial charge on any atom is 0.266 e. The van der Waals surface area contributed by atoms with Crippen LogP contribution in [0.3, 0.4) is 0 Å². The van der Waals surface area contributed by atoms with Crippen LogP contribution in [0.2, 0.25) is 0 Å². The number of hydrogen-bond donors (Lipinski definition) is 3. The van der Waals surface area contributed by atoms with Gasteiger partial charge >= 0.3 is 0 Å². The van der Waals surface area contributed by atoms with E-state index in [2.05, 4.69) is 20.4 Å². The lowest BCUT2D eigenvalue weighted by molar-refractivity contribution is -0.134. The van der Waals surface area contributed by atoms with Gasteiger partial charge in [0, 0.05) is 38.6 Å². The maximum atomic E-state index is 13.0. The third-order valence-corrected chi connectivity index (χ3v) is 9.37. The van der Waals surface area contributed by atoms with E-state index in [1.54, 1.807) is 43.4 Å². The molecule has 2 aromatic carbocycles. The Kier molecular flexibility index (Phi) is 17.6. The first-order valence-electron chi connectivity index (χ1n) is 20.1. The summed E-state index contributed by atoms with van der Waals surface area (Å²) in [4.78, 5) is 59.1. The van der Waals surface area contributed by atoms with E-state index in [4.69, 9.17) is 29.1 Å². The fourth-order valence-electron chi connectivity index (χ4n) is 6.19. The zero-order valence-corrected chi connectivity index (χ0v) is 34.3. The van der Waals surface area contributed by atoms with Gasteiger partial charge in [-0.25, -0.2) is 14.6 Å². The predicted molar refractivity (Wildman–Crippen MR) is 222 cm³/mol. The summed E-state index contributed by atoms with van der Waals surface area (Å²) in [7, 11) is 1.55. The number of nitrogens with two attached hydrogens (primary N) is 1. The van der Waals surface area contributed by atoms with Crippen LogP contribution in [-0.4, -0.2) is 107 Å². The largest absolute Gasteiger partial charge is 0.490 e. The first-order valence-corrected chi connectivity index (χ1v) is 20.1. The molecule has 3 aromatic heterocycles. The third-order valence-electron chi connectivity index (χ3n) is 9.37.